The zero-order valence-electron chi connectivity index (χ0n) is 21.3. The van der Waals surface area contributed by atoms with Gasteiger partial charge in [0.25, 0.3) is 0 Å². The second-order valence-corrected chi connectivity index (χ2v) is 9.59. The summed E-state index contributed by atoms with van der Waals surface area (Å²) >= 11 is 9.67. The lowest BCUT2D eigenvalue weighted by molar-refractivity contribution is 0.0636. The number of aromatic nitrogens is 2. The van der Waals surface area contributed by atoms with E-state index in [1.165, 1.54) is 0 Å². The fraction of sp³-hybridized carbons (Fsp3) is 0.308. The van der Waals surface area contributed by atoms with Gasteiger partial charge in [0.05, 0.1) is 11.6 Å². The van der Waals surface area contributed by atoms with Crippen molar-refractivity contribution >= 4 is 50.9 Å². The number of nitrogens with one attached hydrogen (secondary N) is 2. The van der Waals surface area contributed by atoms with Crippen molar-refractivity contribution in [2.45, 2.75) is 54.1 Å². The van der Waals surface area contributed by atoms with Crippen molar-refractivity contribution in [3.63, 3.8) is 0 Å². The van der Waals surface area contributed by atoms with Crippen molar-refractivity contribution in [1.29, 1.82) is 5.26 Å². The molecule has 1 amide bonds. The second-order valence-electron chi connectivity index (χ2n) is 8.44. The van der Waals surface area contributed by atoms with Gasteiger partial charge in [0, 0.05) is 11.4 Å². The third-order valence-corrected chi connectivity index (χ3v) is 5.57. The highest BCUT2D eigenvalue weighted by Gasteiger charge is 2.19. The van der Waals surface area contributed by atoms with Gasteiger partial charge in [-0.2, -0.15) is 15.2 Å². The van der Waals surface area contributed by atoms with E-state index >= 15 is 0 Å². The molecule has 0 radical (unpaired) electrons. The van der Waals surface area contributed by atoms with Crippen molar-refractivity contribution in [3.05, 3.63) is 62.7 Å². The van der Waals surface area contributed by atoms with E-state index in [0.717, 1.165) is 11.1 Å². The number of carbonyl (C=O) groups excluding carboxylic acids is 1. The first-order valence-electron chi connectivity index (χ1n) is 11.2. The van der Waals surface area contributed by atoms with Gasteiger partial charge < -0.3 is 14.8 Å². The summed E-state index contributed by atoms with van der Waals surface area (Å²) in [5, 5.41) is 14.9. The Kier molecular flexibility index (Phi) is 10.1. The standard InChI is InChI=1S/C24H23BrClN5O3.C2H6/c1-13-10-17(29-23(32)34-24(3,4)5)11-14(2)19(13)33-21-18(25)20(26)30-22(31-21)28-16-8-6-15(12-27)7-9-16;1-2/h6-11H,1-5H3,(H,29,32)(H,28,30,31);1-2H3. The van der Waals surface area contributed by atoms with Gasteiger partial charge in [0.15, 0.2) is 5.15 Å². The molecule has 3 rings (SSSR count). The van der Waals surface area contributed by atoms with Crippen LogP contribution in [0.5, 0.6) is 11.6 Å². The van der Waals surface area contributed by atoms with Crippen LogP contribution in [0.2, 0.25) is 5.15 Å². The molecule has 8 nitrogen and oxygen atoms in total. The average molecular weight is 575 g/mol. The Hall–Kier alpha value is -3.35. The van der Waals surface area contributed by atoms with Gasteiger partial charge in [-0.15, -0.1) is 0 Å². The third-order valence-electron chi connectivity index (χ3n) is 4.35. The smallest absolute Gasteiger partial charge is 0.412 e. The predicted octanol–water partition coefficient (Wildman–Crippen LogP) is 8.29. The van der Waals surface area contributed by atoms with Crippen LogP contribution in [0.15, 0.2) is 40.9 Å². The maximum Gasteiger partial charge on any atom is 0.412 e. The molecule has 2 N–H and O–H groups in total. The molecule has 0 atom stereocenters. The fourth-order valence-corrected chi connectivity index (χ4v) is 3.40. The average Bonchev–Trinajstić information content (AvgIpc) is 2.80. The van der Waals surface area contributed by atoms with E-state index in [4.69, 9.17) is 26.3 Å². The molecule has 1 heterocycles. The van der Waals surface area contributed by atoms with Crippen LogP contribution in [-0.4, -0.2) is 21.7 Å². The molecule has 0 spiro atoms. The molecule has 10 heteroatoms. The maximum atomic E-state index is 12.1. The topological polar surface area (TPSA) is 109 Å². The number of amides is 1. The number of benzene rings is 2. The van der Waals surface area contributed by atoms with Gasteiger partial charge in [-0.1, -0.05) is 25.4 Å². The first kappa shape index (κ1) is 28.9. The number of ether oxygens (including phenoxy) is 2. The van der Waals surface area contributed by atoms with E-state index in [-0.39, 0.29) is 17.0 Å². The molecule has 3 aromatic rings. The summed E-state index contributed by atoms with van der Waals surface area (Å²) in [6.07, 6.45) is -0.538. The van der Waals surface area contributed by atoms with Crippen LogP contribution in [0.3, 0.4) is 0 Å². The minimum Gasteiger partial charge on any atom is -0.444 e. The number of aryl methyl sites for hydroxylation is 2. The quantitative estimate of drug-likeness (QED) is 0.295. The summed E-state index contributed by atoms with van der Waals surface area (Å²) in [6, 6.07) is 12.5. The van der Waals surface area contributed by atoms with Crippen molar-refractivity contribution in [1.82, 2.24) is 9.97 Å². The molecule has 0 aliphatic rings. The minimum atomic E-state index is -0.598. The monoisotopic (exact) mass is 573 g/mol. The van der Waals surface area contributed by atoms with E-state index in [1.54, 1.807) is 57.2 Å². The molecule has 1 aromatic heterocycles. The fourth-order valence-electron chi connectivity index (χ4n) is 2.98. The number of nitriles is 1. The lowest BCUT2D eigenvalue weighted by Gasteiger charge is -2.20. The van der Waals surface area contributed by atoms with Gasteiger partial charge in [-0.05, 0) is 98.1 Å². The third kappa shape index (κ3) is 8.11. The zero-order valence-corrected chi connectivity index (χ0v) is 23.6. The van der Waals surface area contributed by atoms with Crippen molar-refractivity contribution in [2.24, 2.45) is 0 Å². The van der Waals surface area contributed by atoms with Crippen LogP contribution in [0, 0.1) is 25.2 Å². The molecular weight excluding hydrogens is 546 g/mol. The van der Waals surface area contributed by atoms with Gasteiger partial charge in [-0.3, -0.25) is 5.32 Å². The molecule has 36 heavy (non-hydrogen) atoms. The first-order chi connectivity index (χ1) is 16.9. The molecule has 0 saturated carbocycles. The first-order valence-corrected chi connectivity index (χ1v) is 12.4. The summed E-state index contributed by atoms with van der Waals surface area (Å²) in [6.45, 7) is 13.1. The summed E-state index contributed by atoms with van der Waals surface area (Å²) in [7, 11) is 0. The lowest BCUT2D eigenvalue weighted by Crippen LogP contribution is -2.27. The molecule has 190 valence electrons. The van der Waals surface area contributed by atoms with Crippen LogP contribution in [0.1, 0.15) is 51.3 Å². The highest BCUT2D eigenvalue weighted by Crippen LogP contribution is 2.37. The van der Waals surface area contributed by atoms with E-state index in [0.29, 0.717) is 27.2 Å². The molecule has 0 fully saturated rings. The van der Waals surface area contributed by atoms with E-state index in [1.807, 2.05) is 27.7 Å². The van der Waals surface area contributed by atoms with Crippen LogP contribution in [0.25, 0.3) is 0 Å². The van der Waals surface area contributed by atoms with Crippen LogP contribution in [-0.2, 0) is 4.74 Å². The highest BCUT2D eigenvalue weighted by molar-refractivity contribution is 9.10. The lowest BCUT2D eigenvalue weighted by atomic mass is 10.1. The Labute approximate surface area is 225 Å². The summed E-state index contributed by atoms with van der Waals surface area (Å²) < 4.78 is 11.8. The maximum absolute atomic E-state index is 12.1. The van der Waals surface area contributed by atoms with Crippen LogP contribution in [0.4, 0.5) is 22.1 Å². The molecular formula is C26H29BrClN5O3. The number of carbonyl (C=O) groups is 1. The number of halogens is 2. The molecule has 0 unspecified atom stereocenters. The molecule has 0 saturated heterocycles. The number of hydrogen-bond donors (Lipinski definition) is 2. The molecule has 0 aliphatic carbocycles. The number of anilines is 3. The van der Waals surface area contributed by atoms with Crippen LogP contribution >= 0.6 is 27.5 Å². The molecule has 0 aliphatic heterocycles. The minimum absolute atomic E-state index is 0.166. The Morgan fingerprint density at radius 1 is 1.06 bits per heavy atom. The Bertz CT molecular complexity index is 1250. The molecule has 2 aromatic carbocycles. The van der Waals surface area contributed by atoms with Gasteiger partial charge in [0.2, 0.25) is 11.8 Å². The van der Waals surface area contributed by atoms with E-state index in [2.05, 4.69) is 42.6 Å². The Morgan fingerprint density at radius 3 is 2.17 bits per heavy atom. The number of rotatable bonds is 5. The van der Waals surface area contributed by atoms with Gasteiger partial charge >= 0.3 is 6.09 Å². The van der Waals surface area contributed by atoms with E-state index < -0.39 is 11.7 Å². The second kappa shape index (κ2) is 12.6. The van der Waals surface area contributed by atoms with Crippen molar-refractivity contribution in [2.75, 3.05) is 10.6 Å². The normalized spacial score (nSPS) is 10.4. The SMILES string of the molecule is CC.Cc1cc(NC(=O)OC(C)(C)C)cc(C)c1Oc1nc(Nc2ccc(C#N)cc2)nc(Cl)c1Br. The number of nitrogens with zero attached hydrogens (tertiary/aromatic N) is 3. The number of hydrogen-bond acceptors (Lipinski definition) is 7. The van der Waals surface area contributed by atoms with Crippen molar-refractivity contribution < 1.29 is 14.3 Å². The summed E-state index contributed by atoms with van der Waals surface area (Å²) in [4.78, 5) is 20.8. The summed E-state index contributed by atoms with van der Waals surface area (Å²) in [5.74, 6) is 1.01. The highest BCUT2D eigenvalue weighted by atomic mass is 79.9. The summed E-state index contributed by atoms with van der Waals surface area (Å²) in [5.41, 5.74) is 2.76. The van der Waals surface area contributed by atoms with E-state index in [9.17, 15) is 4.79 Å². The zero-order chi connectivity index (χ0) is 27.0. The van der Waals surface area contributed by atoms with Gasteiger partial charge in [-0.25, -0.2) is 4.79 Å². The Balaban J connectivity index is 0.00000222. The largest absolute Gasteiger partial charge is 0.444 e. The van der Waals surface area contributed by atoms with Crippen LogP contribution < -0.4 is 15.4 Å². The Morgan fingerprint density at radius 2 is 1.64 bits per heavy atom. The van der Waals surface area contributed by atoms with Crippen molar-refractivity contribution in [3.8, 4) is 17.7 Å². The molecule has 0 bridgehead atoms. The predicted molar refractivity (Wildman–Crippen MR) is 146 cm³/mol. The van der Waals surface area contributed by atoms with Gasteiger partial charge in [0.1, 0.15) is 15.8 Å².